The SMILES string of the molecule is CC1=Nn2c(nnc2C(F)F)S/C1=C\c1ccccc1Br. The second-order valence-corrected chi connectivity index (χ2v) is 6.13. The maximum Gasteiger partial charge on any atom is 0.299 e. The van der Waals surface area contributed by atoms with Crippen molar-refractivity contribution in [2.45, 2.75) is 18.5 Å². The van der Waals surface area contributed by atoms with Crippen molar-refractivity contribution in [2.75, 3.05) is 0 Å². The average molecular weight is 371 g/mol. The molecule has 0 atom stereocenters. The number of alkyl halides is 2. The van der Waals surface area contributed by atoms with Crippen molar-refractivity contribution >= 4 is 39.5 Å². The Morgan fingerprint density at radius 3 is 2.76 bits per heavy atom. The van der Waals surface area contributed by atoms with E-state index in [0.29, 0.717) is 10.9 Å². The van der Waals surface area contributed by atoms with Crippen molar-refractivity contribution in [2.24, 2.45) is 5.10 Å². The molecule has 0 saturated carbocycles. The second-order valence-electron chi connectivity index (χ2n) is 4.27. The van der Waals surface area contributed by atoms with Gasteiger partial charge in [0, 0.05) is 9.38 Å². The Hall–Kier alpha value is -1.54. The standard InChI is InChI=1S/C13H9BrF2N4S/c1-7-10(6-8-4-2-3-5-9(8)14)21-13-18-17-12(11(15)16)20(13)19-7/h2-6,11H,1H3/b10-6-. The molecule has 0 unspecified atom stereocenters. The van der Waals surface area contributed by atoms with Crippen LogP contribution in [-0.4, -0.2) is 20.6 Å². The second kappa shape index (κ2) is 5.69. The molecule has 108 valence electrons. The number of hydrogen-bond donors (Lipinski definition) is 0. The number of nitrogens with zero attached hydrogens (tertiary/aromatic N) is 4. The molecule has 3 rings (SSSR count). The predicted molar refractivity (Wildman–Crippen MR) is 81.5 cm³/mol. The summed E-state index contributed by atoms with van der Waals surface area (Å²) >= 11 is 4.74. The van der Waals surface area contributed by atoms with Crippen LogP contribution in [0.2, 0.25) is 0 Å². The Morgan fingerprint density at radius 2 is 2.05 bits per heavy atom. The molecule has 2 aromatic rings. The van der Waals surface area contributed by atoms with Crippen LogP contribution in [0.15, 0.2) is 43.9 Å². The van der Waals surface area contributed by atoms with Crippen LogP contribution in [0.1, 0.15) is 24.7 Å². The van der Waals surface area contributed by atoms with E-state index in [2.05, 4.69) is 31.2 Å². The molecule has 21 heavy (non-hydrogen) atoms. The Kier molecular flexibility index (Phi) is 3.90. The van der Waals surface area contributed by atoms with Crippen molar-refractivity contribution in [3.63, 3.8) is 0 Å². The van der Waals surface area contributed by atoms with E-state index in [1.807, 2.05) is 30.3 Å². The van der Waals surface area contributed by atoms with Crippen LogP contribution in [0, 0.1) is 0 Å². The zero-order valence-electron chi connectivity index (χ0n) is 10.8. The van der Waals surface area contributed by atoms with Gasteiger partial charge in [-0.05, 0) is 36.4 Å². The zero-order valence-corrected chi connectivity index (χ0v) is 13.2. The largest absolute Gasteiger partial charge is 0.299 e. The summed E-state index contributed by atoms with van der Waals surface area (Å²) in [4.78, 5) is 0.850. The molecule has 4 nitrogen and oxygen atoms in total. The van der Waals surface area contributed by atoms with Crippen molar-refractivity contribution < 1.29 is 8.78 Å². The molecular formula is C13H9BrF2N4S. The number of fused-ring (bicyclic) bond motifs is 1. The molecular weight excluding hydrogens is 362 g/mol. The lowest BCUT2D eigenvalue weighted by molar-refractivity contribution is 0.135. The van der Waals surface area contributed by atoms with Crippen LogP contribution < -0.4 is 0 Å². The molecule has 2 heterocycles. The predicted octanol–water partition coefficient (Wildman–Crippen LogP) is 4.35. The van der Waals surface area contributed by atoms with Crippen LogP contribution in [0.3, 0.4) is 0 Å². The summed E-state index contributed by atoms with van der Waals surface area (Å²) < 4.78 is 27.6. The monoisotopic (exact) mass is 370 g/mol. The van der Waals surface area contributed by atoms with Gasteiger partial charge in [0.1, 0.15) is 0 Å². The number of aromatic nitrogens is 3. The average Bonchev–Trinajstić information content (AvgIpc) is 2.84. The molecule has 0 bridgehead atoms. The molecule has 0 amide bonds. The summed E-state index contributed by atoms with van der Waals surface area (Å²) in [7, 11) is 0. The molecule has 0 saturated heterocycles. The molecule has 1 aliphatic rings. The quantitative estimate of drug-likeness (QED) is 0.789. The Labute approximate surface area is 132 Å². The third-order valence-corrected chi connectivity index (χ3v) is 4.62. The van der Waals surface area contributed by atoms with Gasteiger partial charge in [0.2, 0.25) is 11.0 Å². The minimum absolute atomic E-state index is 0.342. The van der Waals surface area contributed by atoms with E-state index in [9.17, 15) is 8.78 Å². The van der Waals surface area contributed by atoms with Crippen LogP contribution in [0.5, 0.6) is 0 Å². The Morgan fingerprint density at radius 1 is 1.29 bits per heavy atom. The highest BCUT2D eigenvalue weighted by Gasteiger charge is 2.25. The van der Waals surface area contributed by atoms with Gasteiger partial charge < -0.3 is 0 Å². The first-order valence-corrected chi connectivity index (χ1v) is 7.60. The van der Waals surface area contributed by atoms with E-state index in [1.165, 1.54) is 11.8 Å². The van der Waals surface area contributed by atoms with E-state index in [1.54, 1.807) is 6.92 Å². The summed E-state index contributed by atoms with van der Waals surface area (Å²) in [6, 6.07) is 7.74. The number of halogens is 3. The number of rotatable bonds is 2. The van der Waals surface area contributed by atoms with Gasteiger partial charge in [-0.1, -0.05) is 34.1 Å². The number of hydrogen-bond acceptors (Lipinski definition) is 4. The van der Waals surface area contributed by atoms with Crippen molar-refractivity contribution in [3.05, 3.63) is 45.0 Å². The fourth-order valence-electron chi connectivity index (χ4n) is 1.81. The number of benzene rings is 1. The van der Waals surface area contributed by atoms with Crippen LogP contribution >= 0.6 is 27.7 Å². The fourth-order valence-corrected chi connectivity index (χ4v) is 3.08. The molecule has 1 aromatic heterocycles. The number of thioether (sulfide) groups is 1. The molecule has 1 aliphatic heterocycles. The minimum atomic E-state index is -2.70. The minimum Gasteiger partial charge on any atom is -0.201 e. The van der Waals surface area contributed by atoms with Crippen molar-refractivity contribution in [3.8, 4) is 0 Å². The van der Waals surface area contributed by atoms with E-state index >= 15 is 0 Å². The summed E-state index contributed by atoms with van der Waals surface area (Å²) in [5, 5.41) is 11.8. The molecule has 8 heteroatoms. The Bertz CT molecular complexity index is 754. The molecule has 1 aromatic carbocycles. The third-order valence-electron chi connectivity index (χ3n) is 2.83. The van der Waals surface area contributed by atoms with Gasteiger partial charge in [-0.15, -0.1) is 10.2 Å². The normalized spacial score (nSPS) is 16.2. The lowest BCUT2D eigenvalue weighted by Gasteiger charge is -2.14. The van der Waals surface area contributed by atoms with E-state index in [4.69, 9.17) is 0 Å². The lowest BCUT2D eigenvalue weighted by atomic mass is 10.2. The van der Waals surface area contributed by atoms with Crippen LogP contribution in [0.4, 0.5) is 8.78 Å². The van der Waals surface area contributed by atoms with Gasteiger partial charge >= 0.3 is 0 Å². The highest BCUT2D eigenvalue weighted by atomic mass is 79.9. The summed E-state index contributed by atoms with van der Waals surface area (Å²) in [6.45, 7) is 1.77. The third kappa shape index (κ3) is 2.77. The summed E-state index contributed by atoms with van der Waals surface area (Å²) in [6.07, 6.45) is -0.759. The Balaban J connectivity index is 2.01. The van der Waals surface area contributed by atoms with E-state index in [0.717, 1.165) is 19.6 Å². The highest BCUT2D eigenvalue weighted by molar-refractivity contribution is 9.10. The lowest BCUT2D eigenvalue weighted by Crippen LogP contribution is -2.09. The van der Waals surface area contributed by atoms with E-state index in [-0.39, 0.29) is 0 Å². The molecule has 0 radical (unpaired) electrons. The summed E-state index contributed by atoms with van der Waals surface area (Å²) in [5.74, 6) is -0.434. The number of allylic oxidation sites excluding steroid dienone is 1. The molecule has 0 spiro atoms. The van der Waals surface area contributed by atoms with E-state index < -0.39 is 12.2 Å². The zero-order chi connectivity index (χ0) is 15.0. The first-order chi connectivity index (χ1) is 10.1. The van der Waals surface area contributed by atoms with Crippen LogP contribution in [0.25, 0.3) is 6.08 Å². The summed E-state index contributed by atoms with van der Waals surface area (Å²) in [5.41, 5.74) is 1.63. The molecule has 0 aliphatic carbocycles. The van der Waals surface area contributed by atoms with Gasteiger partial charge in [0.05, 0.1) is 5.71 Å². The van der Waals surface area contributed by atoms with Gasteiger partial charge in [-0.2, -0.15) is 9.78 Å². The van der Waals surface area contributed by atoms with Gasteiger partial charge in [0.15, 0.2) is 0 Å². The first kappa shape index (κ1) is 14.4. The van der Waals surface area contributed by atoms with Gasteiger partial charge in [0.25, 0.3) is 6.43 Å². The maximum atomic E-state index is 12.8. The fraction of sp³-hybridized carbons (Fsp3) is 0.154. The smallest absolute Gasteiger partial charge is 0.201 e. The van der Waals surface area contributed by atoms with Crippen LogP contribution in [-0.2, 0) is 0 Å². The molecule has 0 N–H and O–H groups in total. The molecule has 0 fully saturated rings. The van der Waals surface area contributed by atoms with Crippen molar-refractivity contribution in [1.29, 1.82) is 0 Å². The maximum absolute atomic E-state index is 12.8. The highest BCUT2D eigenvalue weighted by Crippen LogP contribution is 2.35. The van der Waals surface area contributed by atoms with Gasteiger partial charge in [-0.25, -0.2) is 8.78 Å². The van der Waals surface area contributed by atoms with Gasteiger partial charge in [-0.3, -0.25) is 0 Å². The first-order valence-electron chi connectivity index (χ1n) is 6.00. The topological polar surface area (TPSA) is 43.1 Å². The van der Waals surface area contributed by atoms with Crippen molar-refractivity contribution in [1.82, 2.24) is 14.9 Å².